The minimum atomic E-state index is 0. The van der Waals surface area contributed by atoms with Crippen LogP contribution in [0.15, 0.2) is 0 Å². The first-order valence-corrected chi connectivity index (χ1v) is 0. The number of rotatable bonds is 0. The van der Waals surface area contributed by atoms with Crippen molar-refractivity contribution in [2.45, 2.75) is 0 Å². The number of hydrogen-bond acceptors (Lipinski definition) is 0. The summed E-state index contributed by atoms with van der Waals surface area (Å²) in [5.74, 6) is 0. The fourth-order valence-corrected chi connectivity index (χ4v) is 0. The normalized spacial score (nSPS) is 0. The minimum Gasteiger partial charge on any atom is 0 e. The molecule has 27 valence electrons. The van der Waals surface area contributed by atoms with E-state index >= 15 is 0 Å². The van der Waals surface area contributed by atoms with Crippen LogP contribution >= 0.6 is 0 Å². The Morgan fingerprint density at radius 2 is 1.00 bits per heavy atom. The Balaban J connectivity index is 0. The average molecular weight is 301 g/mol. The molecule has 0 aromatic carbocycles. The first-order chi connectivity index (χ1) is 0. The van der Waals surface area contributed by atoms with Gasteiger partial charge in [-0.15, -0.1) is 0 Å². The Hall–Kier alpha value is 2.64. The Morgan fingerprint density at radius 1 is 1.00 bits per heavy atom. The second-order valence-corrected chi connectivity index (χ2v) is 0. The molecule has 7 radical (unpaired) electrons. The molecule has 0 nitrogen and oxygen atoms in total. The minimum absolute atomic E-state index is 0. The summed E-state index contributed by atoms with van der Waals surface area (Å²) in [6, 6.07) is 0. The van der Waals surface area contributed by atoms with E-state index in [1.807, 2.05) is 0 Å². The van der Waals surface area contributed by atoms with Gasteiger partial charge in [-0.2, -0.15) is 0 Å². The first kappa shape index (κ1) is 48.4. The van der Waals surface area contributed by atoms with E-state index in [1.54, 1.807) is 0 Å². The van der Waals surface area contributed by atoms with Crippen LogP contribution in [0, 0.1) is 0 Å². The van der Waals surface area contributed by atoms with Gasteiger partial charge in [-0.3, -0.25) is 0 Å². The van der Waals surface area contributed by atoms with Crippen molar-refractivity contribution in [1.82, 2.24) is 0 Å². The maximum atomic E-state index is 0. The molecule has 0 fully saturated rings. The molecular formula is BCuLiMgPt. The van der Waals surface area contributed by atoms with E-state index in [0.717, 1.165) is 0 Å². The molecule has 0 aliphatic carbocycles. The van der Waals surface area contributed by atoms with Crippen LogP contribution in [0.3, 0.4) is 0 Å². The van der Waals surface area contributed by atoms with E-state index in [1.165, 1.54) is 0 Å². The van der Waals surface area contributed by atoms with Gasteiger partial charge in [0.25, 0.3) is 0 Å². The fourth-order valence-electron chi connectivity index (χ4n) is 0. The summed E-state index contributed by atoms with van der Waals surface area (Å²) in [6.07, 6.45) is 0. The van der Waals surface area contributed by atoms with Crippen LogP contribution < -0.4 is 0 Å². The Morgan fingerprint density at radius 3 is 1.00 bits per heavy atom. The van der Waals surface area contributed by atoms with Gasteiger partial charge in [0.15, 0.2) is 0 Å². The Labute approximate surface area is 87.2 Å². The van der Waals surface area contributed by atoms with Gasteiger partial charge in [0.1, 0.15) is 0 Å². The monoisotopic (exact) mass is 300 g/mol. The molecular weight excluding hydrogens is 301 g/mol. The largest absolute Gasteiger partial charge is 0 e. The zero-order valence-electron chi connectivity index (χ0n) is 2.90. The van der Waals surface area contributed by atoms with Crippen molar-refractivity contribution in [2.75, 3.05) is 0 Å². The van der Waals surface area contributed by atoms with E-state index in [4.69, 9.17) is 0 Å². The molecule has 0 amide bonds. The van der Waals surface area contributed by atoms with Crippen LogP contribution in [0.4, 0.5) is 0 Å². The van der Waals surface area contributed by atoms with Gasteiger partial charge in [-0.05, 0) is 0 Å². The molecule has 0 aliphatic heterocycles. The molecule has 0 N–H and O–H groups in total. The summed E-state index contributed by atoms with van der Waals surface area (Å²) in [4.78, 5) is 0. The third kappa shape index (κ3) is 20.5. The van der Waals surface area contributed by atoms with Crippen molar-refractivity contribution in [3.63, 3.8) is 0 Å². The molecule has 0 aliphatic rings. The van der Waals surface area contributed by atoms with Crippen molar-refractivity contribution in [3.05, 3.63) is 0 Å². The summed E-state index contributed by atoms with van der Waals surface area (Å²) in [6.45, 7) is 0. The third-order valence-electron chi connectivity index (χ3n) is 0. The van der Waals surface area contributed by atoms with Crippen molar-refractivity contribution in [1.29, 1.82) is 0 Å². The summed E-state index contributed by atoms with van der Waals surface area (Å²) >= 11 is 0. The molecule has 0 heterocycles. The van der Waals surface area contributed by atoms with Crippen LogP contribution in [0.1, 0.15) is 0 Å². The van der Waals surface area contributed by atoms with Crippen molar-refractivity contribution < 1.29 is 38.1 Å². The van der Waals surface area contributed by atoms with Crippen LogP contribution in [0.2, 0.25) is 0 Å². The van der Waals surface area contributed by atoms with E-state index in [9.17, 15) is 0 Å². The molecule has 0 saturated heterocycles. The van der Waals surface area contributed by atoms with Crippen molar-refractivity contribution >= 4 is 50.3 Å². The molecule has 0 aromatic rings. The maximum absolute atomic E-state index is 0. The molecule has 5 heteroatoms. The van der Waals surface area contributed by atoms with Crippen LogP contribution in [0.5, 0.6) is 0 Å². The van der Waals surface area contributed by atoms with Gasteiger partial charge in [0, 0.05) is 88.5 Å². The van der Waals surface area contributed by atoms with Crippen molar-refractivity contribution in [3.8, 4) is 0 Å². The predicted molar refractivity (Wildman–Crippen MR) is 17.3 cm³/mol. The Kier molecular flexibility index (Phi) is 294. The van der Waals surface area contributed by atoms with E-state index < -0.39 is 0 Å². The summed E-state index contributed by atoms with van der Waals surface area (Å²) in [7, 11) is 0. The standard InChI is InChI=1S/B.Cu.Li.Mg.Pt. The smallest absolute Gasteiger partial charge is 0 e. The molecule has 0 unspecified atom stereocenters. The van der Waals surface area contributed by atoms with Gasteiger partial charge in [0.2, 0.25) is 0 Å². The zero-order chi connectivity index (χ0) is 0. The Bertz CT molecular complexity index is 11.6. The van der Waals surface area contributed by atoms with Gasteiger partial charge < -0.3 is 0 Å². The van der Waals surface area contributed by atoms with Gasteiger partial charge >= 0.3 is 0 Å². The van der Waals surface area contributed by atoms with Crippen LogP contribution in [-0.2, 0) is 38.1 Å². The van der Waals surface area contributed by atoms with Crippen molar-refractivity contribution in [2.24, 2.45) is 0 Å². The first-order valence-electron chi connectivity index (χ1n) is 0. The third-order valence-corrected chi connectivity index (χ3v) is 0. The summed E-state index contributed by atoms with van der Waals surface area (Å²) in [5.41, 5.74) is 0. The van der Waals surface area contributed by atoms with E-state index in [2.05, 4.69) is 0 Å². The second-order valence-electron chi connectivity index (χ2n) is 0. The SMILES string of the molecule is [B].[Cu].[Li].[Mg].[Pt]. The predicted octanol–water partition coefficient (Wildman–Crippen LogP) is -1.15. The fraction of sp³-hybridized carbons (Fsp3) is 0. The molecule has 5 heavy (non-hydrogen) atoms. The molecule has 0 saturated carbocycles. The van der Waals surface area contributed by atoms with Gasteiger partial charge in [-0.1, -0.05) is 0 Å². The van der Waals surface area contributed by atoms with E-state index in [-0.39, 0.29) is 88.5 Å². The van der Waals surface area contributed by atoms with E-state index in [0.29, 0.717) is 0 Å². The van der Waals surface area contributed by atoms with Gasteiger partial charge in [-0.25, -0.2) is 0 Å². The molecule has 0 aromatic heterocycles. The maximum Gasteiger partial charge on any atom is 0 e. The quantitative estimate of drug-likeness (QED) is 0.496. The molecule has 0 atom stereocenters. The van der Waals surface area contributed by atoms with Crippen LogP contribution in [-0.4, -0.2) is 50.3 Å². The molecule has 0 spiro atoms. The number of hydrogen-bond donors (Lipinski definition) is 0. The molecule has 0 bridgehead atoms. The average Bonchev–Trinajstić information content (AvgIpc) is 0. The van der Waals surface area contributed by atoms with Gasteiger partial charge in [0.05, 0.1) is 0 Å². The zero-order valence-corrected chi connectivity index (χ0v) is 7.53. The molecule has 0 rings (SSSR count). The summed E-state index contributed by atoms with van der Waals surface area (Å²) in [5, 5.41) is 0. The second kappa shape index (κ2) is 30.3. The van der Waals surface area contributed by atoms with Crippen LogP contribution in [0.25, 0.3) is 0 Å². The topological polar surface area (TPSA) is 0 Å². The summed E-state index contributed by atoms with van der Waals surface area (Å²) < 4.78 is 0.